The summed E-state index contributed by atoms with van der Waals surface area (Å²) in [6, 6.07) is -0.468. The van der Waals surface area contributed by atoms with Crippen molar-refractivity contribution in [1.29, 1.82) is 0 Å². The maximum Gasteiger partial charge on any atom is 0.0993 e. The first-order valence-electron chi connectivity index (χ1n) is 1.94. The third kappa shape index (κ3) is 3.68. The van der Waals surface area contributed by atoms with Crippen molar-refractivity contribution in [1.82, 2.24) is 0 Å². The second-order valence-corrected chi connectivity index (χ2v) is 1.24. The summed E-state index contributed by atoms with van der Waals surface area (Å²) in [7, 11) is 0. The number of aliphatic hydroxyl groups excluding tert-OH is 1. The summed E-state index contributed by atoms with van der Waals surface area (Å²) in [5.41, 5.74) is 5.05. The Balaban J connectivity index is 2.83. The second-order valence-electron chi connectivity index (χ2n) is 1.24. The Morgan fingerprint density at radius 1 is 1.71 bits per heavy atom. The Labute approximate surface area is 41.4 Å². The van der Waals surface area contributed by atoms with Gasteiger partial charge in [0.15, 0.2) is 0 Å². The van der Waals surface area contributed by atoms with Crippen LogP contribution in [-0.4, -0.2) is 29.6 Å². The van der Waals surface area contributed by atoms with Crippen LogP contribution in [0.25, 0.3) is 0 Å². The van der Waals surface area contributed by atoms with Crippen LogP contribution in [0.4, 0.5) is 0 Å². The predicted molar refractivity (Wildman–Crippen MR) is 23.6 cm³/mol. The zero-order valence-corrected chi connectivity index (χ0v) is 3.87. The standard InChI is InChI=1S/C3H9NO3/c4-3(1-5)2-7-6/h3,5-6H,1-2,4H2/t3-/m0/s1. The Hall–Kier alpha value is -0.160. The van der Waals surface area contributed by atoms with Crippen LogP contribution in [0.1, 0.15) is 0 Å². The molecule has 0 radical (unpaired) electrons. The lowest BCUT2D eigenvalue weighted by Crippen LogP contribution is -2.29. The van der Waals surface area contributed by atoms with E-state index in [-0.39, 0.29) is 13.2 Å². The van der Waals surface area contributed by atoms with Crippen LogP contribution in [0.3, 0.4) is 0 Å². The molecule has 0 spiro atoms. The van der Waals surface area contributed by atoms with E-state index in [1.165, 1.54) is 0 Å². The Bertz CT molecular complexity index is 41.2. The lowest BCUT2D eigenvalue weighted by atomic mass is 10.4. The van der Waals surface area contributed by atoms with Gasteiger partial charge in [0.25, 0.3) is 0 Å². The number of rotatable bonds is 3. The van der Waals surface area contributed by atoms with Crippen LogP contribution >= 0.6 is 0 Å². The van der Waals surface area contributed by atoms with E-state index < -0.39 is 6.04 Å². The van der Waals surface area contributed by atoms with Crippen molar-refractivity contribution in [3.63, 3.8) is 0 Å². The molecular weight excluding hydrogens is 98.0 g/mol. The van der Waals surface area contributed by atoms with Gasteiger partial charge >= 0.3 is 0 Å². The van der Waals surface area contributed by atoms with Gasteiger partial charge in [0, 0.05) is 0 Å². The SMILES string of the molecule is N[C@@H](CO)COO. The lowest BCUT2D eigenvalue weighted by molar-refractivity contribution is -0.246. The Morgan fingerprint density at radius 2 is 2.29 bits per heavy atom. The summed E-state index contributed by atoms with van der Waals surface area (Å²) in [5, 5.41) is 15.8. The maximum absolute atomic E-state index is 8.15. The molecule has 0 amide bonds. The fraction of sp³-hybridized carbons (Fsp3) is 1.00. The molecule has 0 rings (SSSR count). The molecule has 4 heteroatoms. The van der Waals surface area contributed by atoms with Gasteiger partial charge in [-0.2, -0.15) is 0 Å². The normalized spacial score (nSPS) is 14.1. The summed E-state index contributed by atoms with van der Waals surface area (Å²) >= 11 is 0. The highest BCUT2D eigenvalue weighted by Gasteiger charge is 1.96. The molecule has 0 heterocycles. The molecule has 4 N–H and O–H groups in total. The molecule has 7 heavy (non-hydrogen) atoms. The molecule has 0 saturated heterocycles. The first-order chi connectivity index (χ1) is 3.31. The van der Waals surface area contributed by atoms with Gasteiger partial charge in [-0.15, -0.1) is 0 Å². The highest BCUT2D eigenvalue weighted by Crippen LogP contribution is 1.73. The molecule has 0 aromatic rings. The minimum Gasteiger partial charge on any atom is -0.395 e. The third-order valence-electron chi connectivity index (χ3n) is 0.523. The summed E-state index contributed by atoms with van der Waals surface area (Å²) in [4.78, 5) is 3.61. The average molecular weight is 107 g/mol. The summed E-state index contributed by atoms with van der Waals surface area (Å²) < 4.78 is 0. The van der Waals surface area contributed by atoms with E-state index in [0.29, 0.717) is 0 Å². The van der Waals surface area contributed by atoms with Crippen molar-refractivity contribution in [2.75, 3.05) is 13.2 Å². The first kappa shape index (κ1) is 6.84. The van der Waals surface area contributed by atoms with Crippen LogP contribution in [-0.2, 0) is 4.89 Å². The smallest absolute Gasteiger partial charge is 0.0993 e. The van der Waals surface area contributed by atoms with Crippen molar-refractivity contribution >= 4 is 0 Å². The fourth-order valence-corrected chi connectivity index (χ4v) is 0.148. The minimum absolute atomic E-state index is 0.0174. The van der Waals surface area contributed by atoms with E-state index in [4.69, 9.17) is 16.1 Å². The van der Waals surface area contributed by atoms with Crippen molar-refractivity contribution in [2.45, 2.75) is 6.04 Å². The van der Waals surface area contributed by atoms with Gasteiger partial charge < -0.3 is 10.8 Å². The van der Waals surface area contributed by atoms with Gasteiger partial charge in [0.05, 0.1) is 19.3 Å². The van der Waals surface area contributed by atoms with Gasteiger partial charge in [-0.1, -0.05) is 0 Å². The first-order valence-corrected chi connectivity index (χ1v) is 1.94. The summed E-state index contributed by atoms with van der Waals surface area (Å²) in [5.74, 6) is 0. The molecule has 0 unspecified atom stereocenters. The van der Waals surface area contributed by atoms with Crippen LogP contribution in [0.2, 0.25) is 0 Å². The Kier molecular flexibility index (Phi) is 3.92. The largest absolute Gasteiger partial charge is 0.395 e. The fourth-order valence-electron chi connectivity index (χ4n) is 0.148. The van der Waals surface area contributed by atoms with Crippen LogP contribution in [0.15, 0.2) is 0 Å². The minimum atomic E-state index is -0.468. The van der Waals surface area contributed by atoms with Crippen molar-refractivity contribution in [3.05, 3.63) is 0 Å². The van der Waals surface area contributed by atoms with Crippen molar-refractivity contribution in [2.24, 2.45) is 5.73 Å². The predicted octanol–water partition coefficient (Wildman–Crippen LogP) is -1.20. The number of aliphatic hydroxyl groups is 1. The number of nitrogens with two attached hydrogens (primary N) is 1. The van der Waals surface area contributed by atoms with E-state index in [1.54, 1.807) is 0 Å². The molecular formula is C3H9NO3. The summed E-state index contributed by atoms with van der Waals surface area (Å²) in [6.07, 6.45) is 0. The zero-order chi connectivity index (χ0) is 5.70. The van der Waals surface area contributed by atoms with Gasteiger partial charge in [0.2, 0.25) is 0 Å². The molecule has 0 fully saturated rings. The monoisotopic (exact) mass is 107 g/mol. The number of hydrogen-bond acceptors (Lipinski definition) is 4. The molecule has 0 aliphatic heterocycles. The van der Waals surface area contributed by atoms with Crippen LogP contribution in [0.5, 0.6) is 0 Å². The molecule has 44 valence electrons. The van der Waals surface area contributed by atoms with E-state index in [0.717, 1.165) is 0 Å². The van der Waals surface area contributed by atoms with Gasteiger partial charge in [-0.05, 0) is 0 Å². The zero-order valence-electron chi connectivity index (χ0n) is 3.87. The Morgan fingerprint density at radius 3 is 2.43 bits per heavy atom. The van der Waals surface area contributed by atoms with Crippen molar-refractivity contribution in [3.8, 4) is 0 Å². The van der Waals surface area contributed by atoms with Crippen LogP contribution < -0.4 is 5.73 Å². The third-order valence-corrected chi connectivity index (χ3v) is 0.523. The summed E-state index contributed by atoms with van der Waals surface area (Å²) in [6.45, 7) is -0.183. The second kappa shape index (κ2) is 4.01. The molecule has 0 aliphatic carbocycles. The van der Waals surface area contributed by atoms with Gasteiger partial charge in [0.1, 0.15) is 0 Å². The molecule has 0 aromatic heterocycles. The quantitative estimate of drug-likeness (QED) is 0.312. The van der Waals surface area contributed by atoms with Gasteiger partial charge in [-0.25, -0.2) is 4.89 Å². The average Bonchev–Trinajstić information content (AvgIpc) is 1.68. The van der Waals surface area contributed by atoms with Crippen molar-refractivity contribution < 1.29 is 15.3 Å². The van der Waals surface area contributed by atoms with E-state index in [2.05, 4.69) is 4.89 Å². The molecule has 1 atom stereocenters. The maximum atomic E-state index is 8.15. The topological polar surface area (TPSA) is 75.7 Å². The van der Waals surface area contributed by atoms with Crippen LogP contribution in [0, 0.1) is 0 Å². The molecule has 0 bridgehead atoms. The van der Waals surface area contributed by atoms with E-state index in [1.807, 2.05) is 0 Å². The van der Waals surface area contributed by atoms with Gasteiger partial charge in [-0.3, -0.25) is 5.26 Å². The molecule has 4 nitrogen and oxygen atoms in total. The molecule has 0 saturated carbocycles. The lowest BCUT2D eigenvalue weighted by Gasteiger charge is -2.01. The van der Waals surface area contributed by atoms with E-state index in [9.17, 15) is 0 Å². The van der Waals surface area contributed by atoms with E-state index >= 15 is 0 Å². The molecule has 0 aromatic carbocycles. The molecule has 0 aliphatic rings. The highest BCUT2D eigenvalue weighted by atomic mass is 17.1. The highest BCUT2D eigenvalue weighted by molar-refractivity contribution is 4.53. The number of hydrogen-bond donors (Lipinski definition) is 3.